The highest BCUT2D eigenvalue weighted by atomic mass is 35.5. The van der Waals surface area contributed by atoms with Gasteiger partial charge in [0.1, 0.15) is 5.75 Å². The Morgan fingerprint density at radius 3 is 2.34 bits per heavy atom. The first-order valence-corrected chi connectivity index (χ1v) is 11.5. The second kappa shape index (κ2) is 9.34. The first-order chi connectivity index (χ1) is 13.8. The number of nitrogens with one attached hydrogen (secondary N) is 1. The number of ether oxygens (including phenoxy) is 1. The predicted octanol–water partition coefficient (Wildman–Crippen LogP) is 4.43. The van der Waals surface area contributed by atoms with Crippen LogP contribution >= 0.6 is 23.2 Å². The van der Waals surface area contributed by atoms with E-state index in [1.165, 1.54) is 4.31 Å². The van der Waals surface area contributed by atoms with Crippen molar-refractivity contribution in [1.82, 2.24) is 4.31 Å². The molecule has 1 amide bonds. The van der Waals surface area contributed by atoms with Gasteiger partial charge >= 0.3 is 0 Å². The number of carbonyl (C=O) groups excluding carboxylic acids is 1. The zero-order valence-electron chi connectivity index (χ0n) is 15.9. The van der Waals surface area contributed by atoms with Crippen LogP contribution < -0.4 is 10.1 Å². The minimum Gasteiger partial charge on any atom is -0.494 e. The summed E-state index contributed by atoms with van der Waals surface area (Å²) in [5, 5.41) is 3.60. The maximum Gasteiger partial charge on any atom is 0.243 e. The second-order valence-electron chi connectivity index (χ2n) is 6.70. The molecule has 9 heteroatoms. The van der Waals surface area contributed by atoms with E-state index in [-0.39, 0.29) is 29.8 Å². The lowest BCUT2D eigenvalue weighted by Gasteiger charge is -2.30. The number of hydrogen-bond donors (Lipinski definition) is 1. The van der Waals surface area contributed by atoms with E-state index in [9.17, 15) is 13.2 Å². The number of hydrogen-bond acceptors (Lipinski definition) is 4. The van der Waals surface area contributed by atoms with Crippen LogP contribution in [0.1, 0.15) is 19.8 Å². The Labute approximate surface area is 180 Å². The van der Waals surface area contributed by atoms with Gasteiger partial charge in [-0.05, 0) is 62.2 Å². The van der Waals surface area contributed by atoms with E-state index in [0.29, 0.717) is 40.9 Å². The van der Waals surface area contributed by atoms with Crippen LogP contribution in [0.25, 0.3) is 0 Å². The van der Waals surface area contributed by atoms with E-state index in [2.05, 4.69) is 5.32 Å². The molecule has 1 heterocycles. The Balaban J connectivity index is 1.60. The van der Waals surface area contributed by atoms with Gasteiger partial charge in [0.2, 0.25) is 15.9 Å². The van der Waals surface area contributed by atoms with Gasteiger partial charge < -0.3 is 10.1 Å². The first-order valence-electron chi connectivity index (χ1n) is 9.30. The molecule has 0 aromatic heterocycles. The van der Waals surface area contributed by atoms with E-state index < -0.39 is 10.0 Å². The molecule has 0 radical (unpaired) electrons. The molecule has 1 saturated heterocycles. The molecule has 3 rings (SSSR count). The van der Waals surface area contributed by atoms with Crippen LogP contribution in [-0.4, -0.2) is 38.3 Å². The van der Waals surface area contributed by atoms with Gasteiger partial charge in [-0.3, -0.25) is 4.79 Å². The van der Waals surface area contributed by atoms with E-state index in [0.717, 1.165) is 0 Å². The van der Waals surface area contributed by atoms with Crippen molar-refractivity contribution in [3.63, 3.8) is 0 Å². The highest BCUT2D eigenvalue weighted by Gasteiger charge is 2.32. The lowest BCUT2D eigenvalue weighted by Crippen LogP contribution is -2.41. The number of carbonyl (C=O) groups is 1. The number of anilines is 1. The molecule has 2 aromatic rings. The van der Waals surface area contributed by atoms with Crippen molar-refractivity contribution in [2.75, 3.05) is 25.0 Å². The lowest BCUT2D eigenvalue weighted by atomic mass is 9.97. The number of benzene rings is 2. The topological polar surface area (TPSA) is 75.7 Å². The molecule has 6 nitrogen and oxygen atoms in total. The Kier molecular flexibility index (Phi) is 7.05. The Morgan fingerprint density at radius 2 is 1.76 bits per heavy atom. The van der Waals surface area contributed by atoms with Crippen LogP contribution in [-0.2, 0) is 14.8 Å². The smallest absolute Gasteiger partial charge is 0.243 e. The average molecular weight is 457 g/mol. The number of rotatable bonds is 6. The standard InChI is InChI=1S/C20H22Cl2N2O4S/c1-2-28-16-4-6-17(7-5-16)29(26,27)24-11-9-14(10-12-24)20(25)23-15-3-8-18(21)19(22)13-15/h3-8,13-14H,2,9-12H2,1H3,(H,23,25). The molecule has 0 saturated carbocycles. The van der Waals surface area contributed by atoms with Crippen molar-refractivity contribution in [2.24, 2.45) is 5.92 Å². The molecule has 29 heavy (non-hydrogen) atoms. The molecule has 0 spiro atoms. The quantitative estimate of drug-likeness (QED) is 0.697. The molecule has 0 atom stereocenters. The number of nitrogens with zero attached hydrogens (tertiary/aromatic N) is 1. The van der Waals surface area contributed by atoms with Crippen molar-refractivity contribution >= 4 is 44.8 Å². The molecule has 0 unspecified atom stereocenters. The zero-order valence-corrected chi connectivity index (χ0v) is 18.2. The highest BCUT2D eigenvalue weighted by Crippen LogP contribution is 2.28. The second-order valence-corrected chi connectivity index (χ2v) is 9.45. The van der Waals surface area contributed by atoms with Gasteiger partial charge in [-0.15, -0.1) is 0 Å². The monoisotopic (exact) mass is 456 g/mol. The van der Waals surface area contributed by atoms with E-state index >= 15 is 0 Å². The Morgan fingerprint density at radius 1 is 1.10 bits per heavy atom. The maximum atomic E-state index is 12.9. The van der Waals surface area contributed by atoms with Crippen molar-refractivity contribution in [1.29, 1.82) is 0 Å². The first kappa shape index (κ1) is 21.9. The minimum atomic E-state index is -3.60. The fourth-order valence-corrected chi connectivity index (χ4v) is 4.97. The van der Waals surface area contributed by atoms with Gasteiger partial charge in [-0.1, -0.05) is 23.2 Å². The van der Waals surface area contributed by atoms with Crippen LogP contribution in [0.4, 0.5) is 5.69 Å². The Bertz CT molecular complexity index is 972. The third kappa shape index (κ3) is 5.22. The largest absolute Gasteiger partial charge is 0.494 e. The number of amides is 1. The molecule has 156 valence electrons. The predicted molar refractivity (Wildman–Crippen MR) is 114 cm³/mol. The molecule has 0 aliphatic carbocycles. The van der Waals surface area contributed by atoms with Crippen LogP contribution in [0, 0.1) is 5.92 Å². The molecule has 2 aromatic carbocycles. The van der Waals surface area contributed by atoms with Crippen molar-refractivity contribution in [2.45, 2.75) is 24.7 Å². The van der Waals surface area contributed by atoms with Crippen LogP contribution in [0.15, 0.2) is 47.4 Å². The molecule has 1 fully saturated rings. The molecular formula is C20H22Cl2N2O4S. The van der Waals surface area contributed by atoms with Crippen LogP contribution in [0.2, 0.25) is 10.0 Å². The number of piperidine rings is 1. The summed E-state index contributed by atoms with van der Waals surface area (Å²) in [6, 6.07) is 11.3. The fraction of sp³-hybridized carbons (Fsp3) is 0.350. The summed E-state index contributed by atoms with van der Waals surface area (Å²) < 4.78 is 32.5. The van der Waals surface area contributed by atoms with Crippen molar-refractivity contribution < 1.29 is 17.9 Å². The van der Waals surface area contributed by atoms with Gasteiger partial charge in [0, 0.05) is 24.7 Å². The van der Waals surface area contributed by atoms with Crippen molar-refractivity contribution in [3.05, 3.63) is 52.5 Å². The highest BCUT2D eigenvalue weighted by molar-refractivity contribution is 7.89. The minimum absolute atomic E-state index is 0.151. The van der Waals surface area contributed by atoms with Crippen LogP contribution in [0.5, 0.6) is 5.75 Å². The molecule has 1 aliphatic heterocycles. The normalized spacial score (nSPS) is 15.8. The summed E-state index contributed by atoms with van der Waals surface area (Å²) in [4.78, 5) is 12.7. The van der Waals surface area contributed by atoms with Gasteiger partial charge in [0.25, 0.3) is 0 Å². The SMILES string of the molecule is CCOc1ccc(S(=O)(=O)N2CCC(C(=O)Nc3ccc(Cl)c(Cl)c3)CC2)cc1. The summed E-state index contributed by atoms with van der Waals surface area (Å²) in [6.45, 7) is 2.96. The summed E-state index contributed by atoms with van der Waals surface area (Å²) >= 11 is 11.9. The molecule has 1 N–H and O–H groups in total. The lowest BCUT2D eigenvalue weighted by molar-refractivity contribution is -0.120. The van der Waals surface area contributed by atoms with Crippen molar-refractivity contribution in [3.8, 4) is 5.75 Å². The average Bonchev–Trinajstić information content (AvgIpc) is 2.71. The molecule has 0 bridgehead atoms. The fourth-order valence-electron chi connectivity index (χ4n) is 3.20. The number of halogens is 2. The number of sulfonamides is 1. The van der Waals surface area contributed by atoms with E-state index in [1.54, 1.807) is 42.5 Å². The summed E-state index contributed by atoms with van der Waals surface area (Å²) in [6.07, 6.45) is 0.896. The van der Waals surface area contributed by atoms with Crippen LogP contribution in [0.3, 0.4) is 0 Å². The third-order valence-corrected chi connectivity index (χ3v) is 7.44. The maximum absolute atomic E-state index is 12.9. The van der Waals surface area contributed by atoms with Gasteiger partial charge in [0.15, 0.2) is 0 Å². The molecule has 1 aliphatic rings. The summed E-state index contributed by atoms with van der Waals surface area (Å²) in [7, 11) is -3.60. The van der Waals surface area contributed by atoms with E-state index in [1.807, 2.05) is 6.92 Å². The molecular weight excluding hydrogens is 435 g/mol. The Hall–Kier alpha value is -1.80. The van der Waals surface area contributed by atoms with E-state index in [4.69, 9.17) is 27.9 Å². The summed E-state index contributed by atoms with van der Waals surface area (Å²) in [5.41, 5.74) is 0.564. The van der Waals surface area contributed by atoms with Gasteiger partial charge in [-0.25, -0.2) is 8.42 Å². The zero-order chi connectivity index (χ0) is 21.0. The third-order valence-electron chi connectivity index (χ3n) is 4.78. The van der Waals surface area contributed by atoms with Gasteiger partial charge in [0.05, 0.1) is 21.5 Å². The van der Waals surface area contributed by atoms with Gasteiger partial charge in [-0.2, -0.15) is 4.31 Å². The summed E-state index contributed by atoms with van der Waals surface area (Å²) in [5.74, 6) is 0.210.